The van der Waals surface area contributed by atoms with Crippen LogP contribution in [0.4, 0.5) is 23.8 Å². The fraction of sp³-hybridized carbons (Fsp3) is 0.500. The van der Waals surface area contributed by atoms with Crippen LogP contribution in [0.1, 0.15) is 25.0 Å². The molecule has 0 radical (unpaired) electrons. The molecule has 69 heavy (non-hydrogen) atoms. The second kappa shape index (κ2) is 23.1. The molecular weight excluding hydrogens is 929 g/mol. The van der Waals surface area contributed by atoms with Gasteiger partial charge in [-0.15, -0.1) is 22.7 Å². The number of thiophene rings is 2. The fourth-order valence-corrected chi connectivity index (χ4v) is 10.0. The highest BCUT2D eigenvalue weighted by atomic mass is 32.1. The predicted molar refractivity (Wildman–Crippen MR) is 263 cm³/mol. The zero-order chi connectivity index (χ0) is 48.4. The number of nitrogens with one attached hydrogen (secondary N) is 1. The number of nitrogens with two attached hydrogens (primary N) is 2. The molecule has 25 heteroatoms. The number of carboxylic acid groups (broad SMARTS) is 1. The predicted octanol–water partition coefficient (Wildman–Crippen LogP) is 1.02. The van der Waals surface area contributed by atoms with Crippen LogP contribution in [0.3, 0.4) is 0 Å². The Labute approximate surface area is 406 Å². The number of amides is 1. The summed E-state index contributed by atoms with van der Waals surface area (Å²) in [4.78, 5) is 68.8. The molecule has 4 fully saturated rings. The first-order valence-electron chi connectivity index (χ1n) is 22.8. The Balaban J connectivity index is 0.000000168. The number of fused-ring (bicyclic) bond motifs is 2. The smallest absolute Gasteiger partial charge is 0.332 e. The van der Waals surface area contributed by atoms with Gasteiger partial charge in [0, 0.05) is 139 Å². The summed E-state index contributed by atoms with van der Waals surface area (Å²) >= 11 is 3.30. The van der Waals surface area contributed by atoms with Crippen molar-refractivity contribution < 1.29 is 34.4 Å². The van der Waals surface area contributed by atoms with Crippen molar-refractivity contribution in [1.29, 1.82) is 0 Å². The summed E-state index contributed by atoms with van der Waals surface area (Å²) in [5.41, 5.74) is 19.0. The molecule has 8 N–H and O–H groups in total. The van der Waals surface area contributed by atoms with Crippen molar-refractivity contribution >= 4 is 78.8 Å². The number of rotatable bonds is 10. The summed E-state index contributed by atoms with van der Waals surface area (Å²) < 4.78 is 13.1. The topological polar surface area (TPSA) is 297 Å². The standard InChI is InChI=1S/C22H28N8O3S.C19H24N8OS.C3H6O3/c1-14(31)20(32)29-4-2-28(3-5-29)12-16-13-34-19-17(15-10-24-21(23)25-11-15)26-22(27-18(16)19)30-6-8-33-9-7-30;20-18-22-9-13(10-23-18)15-17-16(25-19(24-15)27-5-7-28-8-6-27)14(12-29-17)11-26-3-1-21-2-4-26;1-2(4)3(5)6/h10-11,13-14,31H,2-9,12H2,1H3,(H2,23,24,25);9-10,12,21H,1-8,11H2,(H2,20,22,23);2,4H,1H3,(H,5,6)/t14-;;2-/m1.1/s1. The number of aliphatic hydroxyl groups excluding tert-OH is 2. The van der Waals surface area contributed by atoms with E-state index in [-0.39, 0.29) is 17.8 Å². The van der Waals surface area contributed by atoms with E-state index in [1.807, 2.05) is 0 Å². The molecule has 0 aliphatic carbocycles. The number of carboxylic acids is 1. The third kappa shape index (κ3) is 12.5. The van der Waals surface area contributed by atoms with E-state index < -0.39 is 18.2 Å². The van der Waals surface area contributed by atoms with E-state index in [1.165, 1.54) is 19.4 Å². The summed E-state index contributed by atoms with van der Waals surface area (Å²) in [6.07, 6.45) is 4.69. The van der Waals surface area contributed by atoms with Crippen molar-refractivity contribution in [1.82, 2.24) is 59.9 Å². The summed E-state index contributed by atoms with van der Waals surface area (Å²) in [6, 6.07) is 0. The molecule has 1 amide bonds. The van der Waals surface area contributed by atoms with E-state index in [1.54, 1.807) is 52.4 Å². The molecule has 23 nitrogen and oxygen atoms in total. The summed E-state index contributed by atoms with van der Waals surface area (Å²) in [7, 11) is 0. The molecule has 0 unspecified atom stereocenters. The average Bonchev–Trinajstić information content (AvgIpc) is 3.98. The highest BCUT2D eigenvalue weighted by molar-refractivity contribution is 7.18. The molecule has 4 aliphatic rings. The third-order valence-corrected chi connectivity index (χ3v) is 13.9. The van der Waals surface area contributed by atoms with Crippen LogP contribution in [-0.2, 0) is 32.2 Å². The number of morpholine rings is 2. The van der Waals surface area contributed by atoms with Crippen molar-refractivity contribution in [3.05, 3.63) is 46.7 Å². The van der Waals surface area contributed by atoms with Crippen LogP contribution in [0.15, 0.2) is 35.5 Å². The van der Waals surface area contributed by atoms with Gasteiger partial charge in [0.25, 0.3) is 5.91 Å². The Morgan fingerprint density at radius 2 is 1.04 bits per heavy atom. The van der Waals surface area contributed by atoms with E-state index in [0.717, 1.165) is 133 Å². The van der Waals surface area contributed by atoms with Crippen LogP contribution >= 0.6 is 22.7 Å². The lowest BCUT2D eigenvalue weighted by Crippen LogP contribution is -2.50. The minimum atomic E-state index is -1.23. The van der Waals surface area contributed by atoms with Crippen LogP contribution in [0.25, 0.3) is 42.9 Å². The Hall–Kier alpha value is -5.90. The maximum Gasteiger partial charge on any atom is 0.332 e. The van der Waals surface area contributed by atoms with E-state index >= 15 is 0 Å². The number of anilines is 4. The number of hydrogen-bond acceptors (Lipinski definition) is 23. The first-order valence-corrected chi connectivity index (χ1v) is 24.6. The van der Waals surface area contributed by atoms with Gasteiger partial charge in [-0.2, -0.15) is 0 Å². The number of carbonyl (C=O) groups excluding carboxylic acids is 1. The number of piperazine rings is 2. The number of aliphatic hydroxyl groups is 2. The monoisotopic (exact) mass is 986 g/mol. The second-order valence-electron chi connectivity index (χ2n) is 16.8. The number of hydrogen-bond donors (Lipinski definition) is 6. The molecular formula is C44H58N16O7S2. The molecule has 0 aromatic carbocycles. The van der Waals surface area contributed by atoms with Gasteiger partial charge < -0.3 is 56.3 Å². The number of nitrogen functional groups attached to an aromatic ring is 2. The Morgan fingerprint density at radius 3 is 1.43 bits per heavy atom. The van der Waals surface area contributed by atoms with Gasteiger partial charge in [0.2, 0.25) is 23.8 Å². The summed E-state index contributed by atoms with van der Waals surface area (Å²) in [5.74, 6) is 0.511. The van der Waals surface area contributed by atoms with Crippen molar-refractivity contribution in [2.24, 2.45) is 0 Å². The molecule has 4 saturated heterocycles. The molecule has 0 bridgehead atoms. The van der Waals surface area contributed by atoms with Crippen LogP contribution in [-0.4, -0.2) is 199 Å². The van der Waals surface area contributed by atoms with Crippen molar-refractivity contribution in [2.45, 2.75) is 39.1 Å². The molecule has 368 valence electrons. The maximum atomic E-state index is 12.1. The van der Waals surface area contributed by atoms with Gasteiger partial charge in [-0.1, -0.05) is 0 Å². The van der Waals surface area contributed by atoms with Gasteiger partial charge in [-0.05, 0) is 24.6 Å². The maximum absolute atomic E-state index is 12.1. The fourth-order valence-electron chi connectivity index (χ4n) is 8.00. The van der Waals surface area contributed by atoms with E-state index in [9.17, 15) is 14.7 Å². The van der Waals surface area contributed by atoms with Gasteiger partial charge >= 0.3 is 5.97 Å². The molecule has 10 rings (SSSR count). The normalized spacial score (nSPS) is 18.0. The quantitative estimate of drug-likeness (QED) is 0.112. The van der Waals surface area contributed by atoms with Gasteiger partial charge in [-0.25, -0.2) is 44.7 Å². The molecule has 0 saturated carbocycles. The van der Waals surface area contributed by atoms with Gasteiger partial charge in [0.15, 0.2) is 0 Å². The minimum Gasteiger partial charge on any atom is -0.479 e. The van der Waals surface area contributed by atoms with Crippen LogP contribution < -0.4 is 26.6 Å². The molecule has 6 aromatic heterocycles. The zero-order valence-electron chi connectivity index (χ0n) is 38.6. The molecule has 0 spiro atoms. The molecule has 2 atom stereocenters. The van der Waals surface area contributed by atoms with E-state index in [0.29, 0.717) is 45.5 Å². The van der Waals surface area contributed by atoms with Gasteiger partial charge in [0.1, 0.15) is 12.2 Å². The lowest BCUT2D eigenvalue weighted by Gasteiger charge is -2.35. The van der Waals surface area contributed by atoms with Crippen LogP contribution in [0, 0.1) is 0 Å². The van der Waals surface area contributed by atoms with Crippen LogP contribution in [0.2, 0.25) is 0 Å². The van der Waals surface area contributed by atoms with E-state index in [4.69, 9.17) is 51.1 Å². The molecule has 4 aliphatic heterocycles. The number of carbonyl (C=O) groups is 2. The van der Waals surface area contributed by atoms with E-state index in [2.05, 4.69) is 55.6 Å². The van der Waals surface area contributed by atoms with Gasteiger partial charge in [-0.3, -0.25) is 14.6 Å². The zero-order valence-corrected chi connectivity index (χ0v) is 40.2. The molecule has 10 heterocycles. The Kier molecular flexibility index (Phi) is 16.6. The number of aromatic nitrogens is 8. The summed E-state index contributed by atoms with van der Waals surface area (Å²) in [6.45, 7) is 17.0. The lowest BCUT2D eigenvalue weighted by atomic mass is 10.1. The van der Waals surface area contributed by atoms with Gasteiger partial charge in [0.05, 0.1) is 58.2 Å². The molecule has 6 aromatic rings. The summed E-state index contributed by atoms with van der Waals surface area (Å²) in [5, 5.41) is 33.1. The second-order valence-corrected chi connectivity index (χ2v) is 18.6. The third-order valence-electron chi connectivity index (χ3n) is 11.8. The van der Waals surface area contributed by atoms with Crippen molar-refractivity contribution in [2.75, 3.05) is 126 Å². The van der Waals surface area contributed by atoms with Crippen LogP contribution in [0.5, 0.6) is 0 Å². The number of nitrogens with zero attached hydrogens (tertiary/aromatic N) is 13. The Bertz CT molecular complexity index is 2650. The highest BCUT2D eigenvalue weighted by Crippen LogP contribution is 2.37. The Morgan fingerprint density at radius 1 is 0.638 bits per heavy atom. The minimum absolute atomic E-state index is 0.209. The largest absolute Gasteiger partial charge is 0.479 e. The number of aliphatic carboxylic acids is 1. The van der Waals surface area contributed by atoms with Crippen molar-refractivity contribution in [3.8, 4) is 22.5 Å². The van der Waals surface area contributed by atoms with Crippen molar-refractivity contribution in [3.63, 3.8) is 0 Å². The lowest BCUT2D eigenvalue weighted by molar-refractivity contribution is -0.145. The first-order chi connectivity index (χ1) is 33.4. The first kappa shape index (κ1) is 49.5. The SMILES string of the molecule is C[C@@H](O)C(=O)N1CCN(Cc2csc3c(-c4cnc(N)nc4)nc(N4CCOCC4)nc23)CC1.C[C@@H](O)C(=O)O.Nc1ncc(-c2nc(N3CCOCC3)nc3c(CN4CCNCC4)csc23)cn1. The average molecular weight is 987 g/mol. The highest BCUT2D eigenvalue weighted by Gasteiger charge is 2.27. The number of ether oxygens (including phenoxy) is 2.